The first kappa shape index (κ1) is 26.8. The lowest BCUT2D eigenvalue weighted by Gasteiger charge is -2.47. The summed E-state index contributed by atoms with van der Waals surface area (Å²) in [6.07, 6.45) is 6.71. The van der Waals surface area contributed by atoms with E-state index in [1.165, 1.54) is 6.08 Å². The Bertz CT molecular complexity index is 1780. The van der Waals surface area contributed by atoms with Gasteiger partial charge in [0.15, 0.2) is 5.82 Å². The summed E-state index contributed by atoms with van der Waals surface area (Å²) in [6, 6.07) is 15.6. The quantitative estimate of drug-likeness (QED) is 0.246. The van der Waals surface area contributed by atoms with Crippen molar-refractivity contribution in [2.45, 2.75) is 49.7 Å². The van der Waals surface area contributed by atoms with Crippen molar-refractivity contribution in [2.24, 2.45) is 0 Å². The Morgan fingerprint density at radius 2 is 1.84 bits per heavy atom. The fourth-order valence-electron chi connectivity index (χ4n) is 8.05. The molecule has 0 radical (unpaired) electrons. The van der Waals surface area contributed by atoms with Crippen LogP contribution < -0.4 is 9.64 Å². The highest BCUT2D eigenvalue weighted by Crippen LogP contribution is 2.43. The number of halogens is 2. The van der Waals surface area contributed by atoms with Crippen LogP contribution in [0.25, 0.3) is 32.8 Å². The third-order valence-corrected chi connectivity index (χ3v) is 10.5. The van der Waals surface area contributed by atoms with Gasteiger partial charge >= 0.3 is 6.01 Å². The van der Waals surface area contributed by atoms with Gasteiger partial charge in [0, 0.05) is 34.4 Å². The molecule has 4 fully saturated rings. The van der Waals surface area contributed by atoms with Crippen molar-refractivity contribution in [1.29, 1.82) is 0 Å². The summed E-state index contributed by atoms with van der Waals surface area (Å²) >= 11 is 6.63. The van der Waals surface area contributed by atoms with E-state index in [1.54, 1.807) is 6.07 Å². The molecule has 0 N–H and O–H groups in total. The van der Waals surface area contributed by atoms with Crippen LogP contribution in [0.4, 0.5) is 10.2 Å². The first-order valence-corrected chi connectivity index (χ1v) is 15.6. The standard InChI is InChI=1S/C34H33ClFN5O2/c1-2-28(42)40-18-13-26-27(40)19-41(26)32-24-12-11-23(22-9-3-7-21-8-4-10-25(35)29(21)22)30(36)31(24)37-33(38-32)43-20-34-14-5-16-39(34)17-6-15-34/h2-4,7-12,26-27H,1,5-6,13-20H2/t26?,27-/m1/s1. The molecular weight excluding hydrogens is 565 g/mol. The molecule has 1 unspecified atom stereocenters. The van der Waals surface area contributed by atoms with Crippen LogP contribution in [0, 0.1) is 5.82 Å². The average Bonchev–Trinajstić information content (AvgIpc) is 3.69. The van der Waals surface area contributed by atoms with Crippen LogP contribution in [-0.4, -0.2) is 76.1 Å². The van der Waals surface area contributed by atoms with Gasteiger partial charge in [-0.1, -0.05) is 54.6 Å². The number of nitrogens with zero attached hydrogens (tertiary/aromatic N) is 5. The lowest BCUT2D eigenvalue weighted by atomic mass is 9.94. The molecule has 1 amide bonds. The molecule has 1 aromatic heterocycles. The lowest BCUT2D eigenvalue weighted by Crippen LogP contribution is -2.63. The Morgan fingerprint density at radius 3 is 2.63 bits per heavy atom. The maximum absolute atomic E-state index is 16.7. The van der Waals surface area contributed by atoms with E-state index in [9.17, 15) is 4.79 Å². The van der Waals surface area contributed by atoms with E-state index in [1.807, 2.05) is 47.4 Å². The van der Waals surface area contributed by atoms with Crippen molar-refractivity contribution in [3.63, 3.8) is 0 Å². The molecule has 8 rings (SSSR count). The Labute approximate surface area is 254 Å². The van der Waals surface area contributed by atoms with E-state index in [-0.39, 0.29) is 35.1 Å². The van der Waals surface area contributed by atoms with Gasteiger partial charge in [-0.05, 0) is 74.4 Å². The van der Waals surface area contributed by atoms with Crippen LogP contribution in [-0.2, 0) is 4.79 Å². The lowest BCUT2D eigenvalue weighted by molar-refractivity contribution is -0.127. The van der Waals surface area contributed by atoms with Gasteiger partial charge in [-0.15, -0.1) is 0 Å². The molecule has 7 nitrogen and oxygen atoms in total. The summed E-state index contributed by atoms with van der Waals surface area (Å²) in [7, 11) is 0. The number of benzene rings is 3. The Kier molecular flexibility index (Phi) is 6.35. The van der Waals surface area contributed by atoms with Gasteiger partial charge in [-0.2, -0.15) is 9.97 Å². The molecule has 4 aliphatic heterocycles. The molecule has 4 aliphatic rings. The molecule has 0 spiro atoms. The maximum atomic E-state index is 16.7. The van der Waals surface area contributed by atoms with Gasteiger partial charge in [-0.25, -0.2) is 4.39 Å². The summed E-state index contributed by atoms with van der Waals surface area (Å²) in [5, 5.41) is 2.96. The van der Waals surface area contributed by atoms with Crippen molar-refractivity contribution in [3.05, 3.63) is 72.0 Å². The normalized spacial score (nSPS) is 22.6. The predicted molar refractivity (Wildman–Crippen MR) is 167 cm³/mol. The highest BCUT2D eigenvalue weighted by atomic mass is 35.5. The van der Waals surface area contributed by atoms with Crippen LogP contribution in [0.2, 0.25) is 5.02 Å². The number of carbonyl (C=O) groups excluding carboxylic acids is 1. The molecule has 9 heteroatoms. The molecule has 5 heterocycles. The summed E-state index contributed by atoms with van der Waals surface area (Å²) in [4.78, 5) is 28.7. The minimum Gasteiger partial charge on any atom is -0.461 e. The first-order chi connectivity index (χ1) is 21.0. The SMILES string of the molecule is C=CC(=O)N1CCC2[C@H]1CN2c1nc(OCC23CCCN2CCC3)nc2c(F)c(-c3cccc4cccc(Cl)c34)ccc12. The molecule has 0 saturated carbocycles. The van der Waals surface area contributed by atoms with Crippen LogP contribution >= 0.6 is 11.6 Å². The number of rotatable bonds is 6. The second-order valence-corrected chi connectivity index (χ2v) is 12.7. The van der Waals surface area contributed by atoms with E-state index >= 15 is 4.39 Å². The summed E-state index contributed by atoms with van der Waals surface area (Å²) in [5.41, 5.74) is 1.39. The molecule has 2 atom stereocenters. The van der Waals surface area contributed by atoms with Crippen LogP contribution in [0.3, 0.4) is 0 Å². The largest absolute Gasteiger partial charge is 0.461 e. The van der Waals surface area contributed by atoms with Crippen molar-refractivity contribution < 1.29 is 13.9 Å². The number of likely N-dealkylation sites (tertiary alicyclic amines) is 1. The molecule has 0 aliphatic carbocycles. The molecule has 0 bridgehead atoms. The van der Waals surface area contributed by atoms with Gasteiger partial charge < -0.3 is 14.5 Å². The van der Waals surface area contributed by atoms with Crippen LogP contribution in [0.5, 0.6) is 6.01 Å². The number of amides is 1. The number of hydrogen-bond donors (Lipinski definition) is 0. The van der Waals surface area contributed by atoms with Crippen LogP contribution in [0.1, 0.15) is 32.1 Å². The molecule has 4 saturated heterocycles. The second-order valence-electron chi connectivity index (χ2n) is 12.3. The summed E-state index contributed by atoms with van der Waals surface area (Å²) in [6.45, 7) is 7.63. The van der Waals surface area contributed by atoms with E-state index in [2.05, 4.69) is 16.4 Å². The smallest absolute Gasteiger partial charge is 0.319 e. The zero-order chi connectivity index (χ0) is 29.3. The third kappa shape index (κ3) is 4.14. The number of fused-ring (bicyclic) bond motifs is 4. The molecular formula is C34H33ClFN5O2. The van der Waals surface area contributed by atoms with Crippen molar-refractivity contribution in [3.8, 4) is 17.1 Å². The minimum atomic E-state index is -0.424. The van der Waals surface area contributed by atoms with Crippen molar-refractivity contribution in [1.82, 2.24) is 19.8 Å². The van der Waals surface area contributed by atoms with Gasteiger partial charge in [-0.3, -0.25) is 9.69 Å². The highest BCUT2D eigenvalue weighted by Gasteiger charge is 2.49. The highest BCUT2D eigenvalue weighted by molar-refractivity contribution is 6.36. The topological polar surface area (TPSA) is 61.8 Å². The third-order valence-electron chi connectivity index (χ3n) is 10.2. The van der Waals surface area contributed by atoms with Gasteiger partial charge in [0.1, 0.15) is 17.9 Å². The summed E-state index contributed by atoms with van der Waals surface area (Å²) in [5.74, 6) is 0.180. The second kappa shape index (κ2) is 10.2. The Hall–Kier alpha value is -3.75. The maximum Gasteiger partial charge on any atom is 0.319 e. The number of carbonyl (C=O) groups is 1. The van der Waals surface area contributed by atoms with E-state index in [0.717, 1.165) is 61.5 Å². The fourth-order valence-corrected chi connectivity index (χ4v) is 8.33. The number of anilines is 1. The summed E-state index contributed by atoms with van der Waals surface area (Å²) < 4.78 is 23.1. The average molecular weight is 598 g/mol. The monoisotopic (exact) mass is 597 g/mol. The minimum absolute atomic E-state index is 0.0113. The molecule has 4 aromatic rings. The van der Waals surface area contributed by atoms with Gasteiger partial charge in [0.25, 0.3) is 0 Å². The van der Waals surface area contributed by atoms with E-state index in [0.29, 0.717) is 41.5 Å². The molecule has 43 heavy (non-hydrogen) atoms. The van der Waals surface area contributed by atoms with Crippen molar-refractivity contribution in [2.75, 3.05) is 37.7 Å². The first-order valence-electron chi connectivity index (χ1n) is 15.2. The number of ether oxygens (including phenoxy) is 1. The predicted octanol–water partition coefficient (Wildman–Crippen LogP) is 6.23. The fraction of sp³-hybridized carbons (Fsp3) is 0.382. The zero-order valence-corrected chi connectivity index (χ0v) is 24.7. The van der Waals surface area contributed by atoms with Crippen molar-refractivity contribution >= 4 is 45.0 Å². The number of aromatic nitrogens is 2. The van der Waals surface area contributed by atoms with Crippen LogP contribution in [0.15, 0.2) is 61.2 Å². The van der Waals surface area contributed by atoms with E-state index < -0.39 is 5.82 Å². The molecule has 220 valence electrons. The Balaban J connectivity index is 1.23. The molecule has 3 aromatic carbocycles. The van der Waals surface area contributed by atoms with Gasteiger partial charge in [0.05, 0.1) is 17.6 Å². The van der Waals surface area contributed by atoms with E-state index in [4.69, 9.17) is 26.3 Å². The zero-order valence-electron chi connectivity index (χ0n) is 23.9. The Morgan fingerprint density at radius 1 is 1.05 bits per heavy atom. The van der Waals surface area contributed by atoms with Gasteiger partial charge in [0.2, 0.25) is 5.91 Å². The number of hydrogen-bond acceptors (Lipinski definition) is 6.